The van der Waals surface area contributed by atoms with Crippen molar-refractivity contribution in [3.63, 3.8) is 0 Å². The Hall–Kier alpha value is -2.07. The molecule has 1 heterocycles. The molecule has 5 heteroatoms. The average molecular weight is 277 g/mol. The molecule has 0 fully saturated rings. The second kappa shape index (κ2) is 6.20. The van der Waals surface area contributed by atoms with Crippen LogP contribution >= 0.6 is 11.6 Å². The van der Waals surface area contributed by atoms with Gasteiger partial charge in [0.25, 0.3) is 0 Å². The van der Waals surface area contributed by atoms with Crippen LogP contribution in [0.25, 0.3) is 0 Å². The quantitative estimate of drug-likeness (QED) is 0.872. The molecule has 2 aromatic rings. The van der Waals surface area contributed by atoms with Crippen LogP contribution < -0.4 is 5.32 Å². The zero-order chi connectivity index (χ0) is 13.7. The second-order valence-corrected chi connectivity index (χ2v) is 4.31. The molecule has 0 bridgehead atoms. The summed E-state index contributed by atoms with van der Waals surface area (Å²) in [5.74, 6) is -0.449. The summed E-state index contributed by atoms with van der Waals surface area (Å²) < 4.78 is 4.67. The van der Waals surface area contributed by atoms with E-state index in [4.69, 9.17) is 11.6 Å². The third-order valence-electron chi connectivity index (χ3n) is 2.59. The van der Waals surface area contributed by atoms with Gasteiger partial charge >= 0.3 is 5.97 Å². The largest absolute Gasteiger partial charge is 0.465 e. The zero-order valence-electron chi connectivity index (χ0n) is 10.4. The molecule has 4 nitrogen and oxygen atoms in total. The lowest BCUT2D eigenvalue weighted by Crippen LogP contribution is -2.05. The van der Waals surface area contributed by atoms with Crippen LogP contribution in [0.3, 0.4) is 0 Å². The smallest absolute Gasteiger partial charge is 0.339 e. The molecule has 98 valence electrons. The van der Waals surface area contributed by atoms with Crippen molar-refractivity contribution in [2.24, 2.45) is 0 Å². The Bertz CT molecular complexity index is 573. The normalized spacial score (nSPS) is 10.0. The number of esters is 1. The predicted octanol–water partition coefficient (Wildman–Crippen LogP) is 3.13. The molecule has 0 atom stereocenters. The zero-order valence-corrected chi connectivity index (χ0v) is 11.1. The van der Waals surface area contributed by atoms with E-state index < -0.39 is 5.97 Å². The number of carbonyl (C=O) groups is 1. The predicted molar refractivity (Wildman–Crippen MR) is 74.4 cm³/mol. The highest BCUT2D eigenvalue weighted by Crippen LogP contribution is 2.21. The van der Waals surface area contributed by atoms with Crippen LogP contribution in [0.1, 0.15) is 15.9 Å². The number of ether oxygens (including phenoxy) is 1. The number of methoxy groups -OCH3 is 1. The lowest BCUT2D eigenvalue weighted by molar-refractivity contribution is 0.0601. The van der Waals surface area contributed by atoms with E-state index in [9.17, 15) is 4.79 Å². The van der Waals surface area contributed by atoms with Crippen LogP contribution in [0.4, 0.5) is 5.69 Å². The number of rotatable bonds is 4. The topological polar surface area (TPSA) is 51.2 Å². The number of hydrogen-bond donors (Lipinski definition) is 1. The van der Waals surface area contributed by atoms with Gasteiger partial charge in [-0.3, -0.25) is 4.98 Å². The Balaban J connectivity index is 2.11. The minimum absolute atomic E-state index is 0.348. The number of aromatic nitrogens is 1. The number of halogens is 1. The molecule has 1 aromatic heterocycles. The van der Waals surface area contributed by atoms with Crippen LogP contribution in [0.15, 0.2) is 42.7 Å². The van der Waals surface area contributed by atoms with Crippen molar-refractivity contribution >= 4 is 23.3 Å². The summed E-state index contributed by atoms with van der Waals surface area (Å²) >= 11 is 5.95. The van der Waals surface area contributed by atoms with E-state index in [0.717, 1.165) is 11.3 Å². The van der Waals surface area contributed by atoms with Crippen LogP contribution in [0.5, 0.6) is 0 Å². The third-order valence-corrected chi connectivity index (χ3v) is 2.92. The minimum atomic E-state index is -0.449. The number of carbonyl (C=O) groups excluding carboxylic acids is 1. The maximum absolute atomic E-state index is 11.5. The van der Waals surface area contributed by atoms with E-state index in [1.165, 1.54) is 7.11 Å². The molecule has 0 saturated heterocycles. The summed E-state index contributed by atoms with van der Waals surface area (Å²) in [4.78, 5) is 15.6. The molecular formula is C14H13ClN2O2. The molecule has 0 saturated carbocycles. The number of nitrogens with one attached hydrogen (secondary N) is 1. The highest BCUT2D eigenvalue weighted by molar-refractivity contribution is 6.33. The molecule has 2 rings (SSSR count). The van der Waals surface area contributed by atoms with Gasteiger partial charge in [0.2, 0.25) is 0 Å². The van der Waals surface area contributed by atoms with Crippen molar-refractivity contribution in [1.82, 2.24) is 4.98 Å². The molecule has 1 N–H and O–H groups in total. The first-order valence-corrected chi connectivity index (χ1v) is 6.09. The molecule has 0 aliphatic rings. The summed E-state index contributed by atoms with van der Waals surface area (Å²) in [6, 6.07) is 8.99. The highest BCUT2D eigenvalue weighted by Gasteiger charge is 2.11. The molecule has 19 heavy (non-hydrogen) atoms. The summed E-state index contributed by atoms with van der Waals surface area (Å²) in [5.41, 5.74) is 2.20. The Labute approximate surface area is 116 Å². The van der Waals surface area contributed by atoms with Crippen LogP contribution in [-0.4, -0.2) is 18.1 Å². The standard InChI is InChI=1S/C14H13ClN2O2/c1-19-14(18)12-7-11(4-5-13(12)15)17-9-10-3-2-6-16-8-10/h2-8,17H,9H2,1H3. The Morgan fingerprint density at radius 2 is 2.26 bits per heavy atom. The van der Waals surface area contributed by atoms with Crippen molar-refractivity contribution < 1.29 is 9.53 Å². The van der Waals surface area contributed by atoms with Gasteiger partial charge in [0.05, 0.1) is 17.7 Å². The summed E-state index contributed by atoms with van der Waals surface area (Å²) in [5, 5.41) is 3.57. The van der Waals surface area contributed by atoms with Crippen molar-refractivity contribution in [2.75, 3.05) is 12.4 Å². The van der Waals surface area contributed by atoms with Crippen LogP contribution in [0.2, 0.25) is 5.02 Å². The lowest BCUT2D eigenvalue weighted by Gasteiger charge is -2.09. The fourth-order valence-corrected chi connectivity index (χ4v) is 1.80. The van der Waals surface area contributed by atoms with E-state index >= 15 is 0 Å². The van der Waals surface area contributed by atoms with Gasteiger partial charge < -0.3 is 10.1 Å². The SMILES string of the molecule is COC(=O)c1cc(NCc2cccnc2)ccc1Cl. The number of benzene rings is 1. The van der Waals surface area contributed by atoms with E-state index in [-0.39, 0.29) is 0 Å². The summed E-state index contributed by atoms with van der Waals surface area (Å²) in [6.45, 7) is 0.621. The fourth-order valence-electron chi connectivity index (χ4n) is 1.61. The maximum atomic E-state index is 11.5. The average Bonchev–Trinajstić information content (AvgIpc) is 2.46. The molecule has 0 spiro atoms. The molecule has 0 unspecified atom stereocenters. The minimum Gasteiger partial charge on any atom is -0.465 e. The molecule has 0 aliphatic carbocycles. The van der Waals surface area contributed by atoms with Crippen molar-refractivity contribution in [1.29, 1.82) is 0 Å². The van der Waals surface area contributed by atoms with Gasteiger partial charge in [-0.15, -0.1) is 0 Å². The summed E-state index contributed by atoms with van der Waals surface area (Å²) in [6.07, 6.45) is 3.51. The Morgan fingerprint density at radius 1 is 1.42 bits per heavy atom. The molecule has 0 radical (unpaired) electrons. The lowest BCUT2D eigenvalue weighted by atomic mass is 10.2. The van der Waals surface area contributed by atoms with Gasteiger partial charge in [0.1, 0.15) is 0 Å². The molecular weight excluding hydrogens is 264 g/mol. The first kappa shape index (κ1) is 13.4. The monoisotopic (exact) mass is 276 g/mol. The Kier molecular flexibility index (Phi) is 4.36. The van der Waals surface area contributed by atoms with E-state index in [2.05, 4.69) is 15.0 Å². The van der Waals surface area contributed by atoms with Crippen molar-refractivity contribution in [2.45, 2.75) is 6.54 Å². The van der Waals surface area contributed by atoms with Gasteiger partial charge in [-0.1, -0.05) is 17.7 Å². The van der Waals surface area contributed by atoms with Crippen LogP contribution in [-0.2, 0) is 11.3 Å². The van der Waals surface area contributed by atoms with Gasteiger partial charge in [0, 0.05) is 24.6 Å². The van der Waals surface area contributed by atoms with Crippen molar-refractivity contribution in [3.8, 4) is 0 Å². The fraction of sp³-hybridized carbons (Fsp3) is 0.143. The van der Waals surface area contributed by atoms with Gasteiger partial charge in [-0.2, -0.15) is 0 Å². The van der Waals surface area contributed by atoms with E-state index in [1.54, 1.807) is 24.5 Å². The second-order valence-electron chi connectivity index (χ2n) is 3.90. The van der Waals surface area contributed by atoms with Gasteiger partial charge in [-0.25, -0.2) is 4.79 Å². The van der Waals surface area contributed by atoms with Gasteiger partial charge in [-0.05, 0) is 29.8 Å². The maximum Gasteiger partial charge on any atom is 0.339 e. The number of nitrogens with zero attached hydrogens (tertiary/aromatic N) is 1. The molecule has 0 amide bonds. The van der Waals surface area contributed by atoms with Crippen LogP contribution in [0, 0.1) is 0 Å². The Morgan fingerprint density at radius 3 is 2.95 bits per heavy atom. The third kappa shape index (κ3) is 3.45. The highest BCUT2D eigenvalue weighted by atomic mass is 35.5. The molecule has 0 aliphatic heterocycles. The first-order valence-electron chi connectivity index (χ1n) is 5.71. The van der Waals surface area contributed by atoms with Gasteiger partial charge in [0.15, 0.2) is 0 Å². The number of anilines is 1. The number of pyridine rings is 1. The molecule has 1 aromatic carbocycles. The van der Waals surface area contributed by atoms with Crippen molar-refractivity contribution in [3.05, 3.63) is 58.9 Å². The number of hydrogen-bond acceptors (Lipinski definition) is 4. The van der Waals surface area contributed by atoms with E-state index in [1.807, 2.05) is 18.2 Å². The summed E-state index contributed by atoms with van der Waals surface area (Å²) in [7, 11) is 1.33. The van der Waals surface area contributed by atoms with E-state index in [0.29, 0.717) is 17.1 Å². The first-order chi connectivity index (χ1) is 9.20.